The number of nitrogens with one attached hydrogen (secondary N) is 1. The molecule has 0 bridgehead atoms. The van der Waals surface area contributed by atoms with E-state index in [1.165, 1.54) is 11.3 Å². The van der Waals surface area contributed by atoms with Gasteiger partial charge in [0, 0.05) is 17.0 Å². The second kappa shape index (κ2) is 8.82. The molecule has 134 valence electrons. The molecule has 0 aliphatic rings. The van der Waals surface area contributed by atoms with Crippen LogP contribution in [0, 0.1) is 6.92 Å². The maximum absolute atomic E-state index is 12.4. The predicted molar refractivity (Wildman–Crippen MR) is 94.1 cm³/mol. The van der Waals surface area contributed by atoms with Gasteiger partial charge in [-0.2, -0.15) is 0 Å². The molecule has 1 aromatic rings. The third kappa shape index (κ3) is 5.63. The quantitative estimate of drug-likeness (QED) is 0.763. The number of amides is 2. The summed E-state index contributed by atoms with van der Waals surface area (Å²) in [6, 6.07) is 3.57. The molecule has 0 aliphatic heterocycles. The molecule has 0 aromatic carbocycles. The SMILES string of the molecule is Cc1ccc(C(=O)NCC(=O)OC(C)C(=O)N(C(C)C)C(C)C)s1. The number of thiophene rings is 1. The van der Waals surface area contributed by atoms with E-state index in [9.17, 15) is 14.4 Å². The fraction of sp³-hybridized carbons (Fsp3) is 0.588. The number of carbonyl (C=O) groups excluding carboxylic acids is 3. The first kappa shape index (κ1) is 20.2. The highest BCUT2D eigenvalue weighted by Gasteiger charge is 2.27. The van der Waals surface area contributed by atoms with Crippen LogP contribution in [-0.2, 0) is 14.3 Å². The molecule has 0 aliphatic carbocycles. The predicted octanol–water partition coefficient (Wildman–Crippen LogP) is 2.36. The number of ether oxygens (including phenoxy) is 1. The van der Waals surface area contributed by atoms with Gasteiger partial charge in [0.25, 0.3) is 11.8 Å². The second-order valence-corrected chi connectivity index (χ2v) is 7.45. The minimum atomic E-state index is -0.886. The van der Waals surface area contributed by atoms with Crippen molar-refractivity contribution in [1.82, 2.24) is 10.2 Å². The number of rotatable bonds is 7. The lowest BCUT2D eigenvalue weighted by molar-refractivity contribution is -0.160. The van der Waals surface area contributed by atoms with E-state index in [1.54, 1.807) is 17.9 Å². The van der Waals surface area contributed by atoms with Crippen LogP contribution in [0.3, 0.4) is 0 Å². The number of nitrogens with zero attached hydrogens (tertiary/aromatic N) is 1. The summed E-state index contributed by atoms with van der Waals surface area (Å²) in [7, 11) is 0. The molecule has 7 heteroatoms. The van der Waals surface area contributed by atoms with Crippen LogP contribution in [0.2, 0.25) is 0 Å². The summed E-state index contributed by atoms with van der Waals surface area (Å²) in [6.07, 6.45) is -0.886. The monoisotopic (exact) mass is 354 g/mol. The van der Waals surface area contributed by atoms with Crippen molar-refractivity contribution in [3.63, 3.8) is 0 Å². The minimum Gasteiger partial charge on any atom is -0.451 e. The smallest absolute Gasteiger partial charge is 0.326 e. The topological polar surface area (TPSA) is 75.7 Å². The van der Waals surface area contributed by atoms with Crippen LogP contribution in [0.15, 0.2) is 12.1 Å². The van der Waals surface area contributed by atoms with E-state index >= 15 is 0 Å². The molecular weight excluding hydrogens is 328 g/mol. The van der Waals surface area contributed by atoms with Gasteiger partial charge in [0.05, 0.1) is 4.88 Å². The fourth-order valence-electron chi connectivity index (χ4n) is 2.40. The Morgan fingerprint density at radius 2 is 1.71 bits per heavy atom. The van der Waals surface area contributed by atoms with Crippen LogP contribution < -0.4 is 5.32 Å². The van der Waals surface area contributed by atoms with Gasteiger partial charge in [0.15, 0.2) is 6.10 Å². The highest BCUT2D eigenvalue weighted by Crippen LogP contribution is 2.14. The van der Waals surface area contributed by atoms with E-state index in [2.05, 4.69) is 5.32 Å². The van der Waals surface area contributed by atoms with Crippen molar-refractivity contribution in [3.8, 4) is 0 Å². The number of esters is 1. The maximum atomic E-state index is 12.4. The molecule has 0 fully saturated rings. The van der Waals surface area contributed by atoms with E-state index < -0.39 is 12.1 Å². The van der Waals surface area contributed by atoms with Crippen molar-refractivity contribution >= 4 is 29.1 Å². The molecule has 1 rings (SSSR count). The Labute approximate surface area is 147 Å². The molecule has 2 amide bonds. The molecule has 0 spiro atoms. The molecule has 0 saturated carbocycles. The number of aryl methyl sites for hydroxylation is 1. The Morgan fingerprint density at radius 1 is 1.12 bits per heavy atom. The van der Waals surface area contributed by atoms with E-state index in [0.29, 0.717) is 4.88 Å². The first-order chi connectivity index (χ1) is 11.1. The zero-order valence-electron chi connectivity index (χ0n) is 15.1. The third-order valence-electron chi connectivity index (χ3n) is 3.38. The van der Waals surface area contributed by atoms with Gasteiger partial charge in [-0.05, 0) is 53.7 Å². The van der Waals surface area contributed by atoms with Gasteiger partial charge in [-0.25, -0.2) is 0 Å². The van der Waals surface area contributed by atoms with Gasteiger partial charge < -0.3 is 15.0 Å². The summed E-state index contributed by atoms with van der Waals surface area (Å²) in [6.45, 7) is 10.8. The summed E-state index contributed by atoms with van der Waals surface area (Å²) in [4.78, 5) is 39.4. The molecule has 1 unspecified atom stereocenters. The molecular formula is C17H26N2O4S. The van der Waals surface area contributed by atoms with Crippen molar-refractivity contribution in [3.05, 3.63) is 21.9 Å². The average molecular weight is 354 g/mol. The highest BCUT2D eigenvalue weighted by molar-refractivity contribution is 7.13. The van der Waals surface area contributed by atoms with Crippen molar-refractivity contribution in [1.29, 1.82) is 0 Å². The first-order valence-electron chi connectivity index (χ1n) is 7.99. The average Bonchev–Trinajstić information content (AvgIpc) is 2.90. The summed E-state index contributed by atoms with van der Waals surface area (Å²) in [5, 5.41) is 2.50. The standard InChI is InChI=1S/C17H26N2O4S/c1-10(2)19(11(3)4)17(22)13(6)23-15(20)9-18-16(21)14-8-7-12(5)24-14/h7-8,10-11,13H,9H2,1-6H3,(H,18,21). The third-order valence-corrected chi connectivity index (χ3v) is 4.38. The van der Waals surface area contributed by atoms with Crippen molar-refractivity contribution < 1.29 is 19.1 Å². The Hall–Kier alpha value is -1.89. The Morgan fingerprint density at radius 3 is 2.17 bits per heavy atom. The van der Waals surface area contributed by atoms with Gasteiger partial charge in [0.1, 0.15) is 6.54 Å². The van der Waals surface area contributed by atoms with Crippen LogP contribution in [-0.4, -0.2) is 47.4 Å². The molecule has 1 aromatic heterocycles. The number of hydrogen-bond donors (Lipinski definition) is 1. The van der Waals surface area contributed by atoms with Gasteiger partial charge >= 0.3 is 5.97 Å². The number of hydrogen-bond acceptors (Lipinski definition) is 5. The van der Waals surface area contributed by atoms with Gasteiger partial charge in [-0.1, -0.05) is 0 Å². The lowest BCUT2D eigenvalue weighted by atomic mass is 10.2. The Kier molecular flexibility index (Phi) is 7.41. The lowest BCUT2D eigenvalue weighted by Crippen LogP contribution is -2.48. The van der Waals surface area contributed by atoms with Crippen molar-refractivity contribution in [2.45, 2.75) is 59.7 Å². The van der Waals surface area contributed by atoms with Crippen LogP contribution in [0.4, 0.5) is 0 Å². The molecule has 0 saturated heterocycles. The van der Waals surface area contributed by atoms with E-state index in [1.807, 2.05) is 40.7 Å². The van der Waals surface area contributed by atoms with E-state index in [0.717, 1.165) is 4.88 Å². The molecule has 1 heterocycles. The van der Waals surface area contributed by atoms with Crippen LogP contribution >= 0.6 is 11.3 Å². The van der Waals surface area contributed by atoms with E-state index in [4.69, 9.17) is 4.74 Å². The molecule has 24 heavy (non-hydrogen) atoms. The summed E-state index contributed by atoms with van der Waals surface area (Å²) >= 11 is 1.35. The van der Waals surface area contributed by atoms with Crippen LogP contribution in [0.1, 0.15) is 49.2 Å². The maximum Gasteiger partial charge on any atom is 0.326 e. The van der Waals surface area contributed by atoms with Gasteiger partial charge in [-0.3, -0.25) is 14.4 Å². The highest BCUT2D eigenvalue weighted by atomic mass is 32.1. The van der Waals surface area contributed by atoms with Crippen molar-refractivity contribution in [2.75, 3.05) is 6.54 Å². The molecule has 1 N–H and O–H groups in total. The van der Waals surface area contributed by atoms with E-state index in [-0.39, 0.29) is 30.4 Å². The summed E-state index contributed by atoms with van der Waals surface area (Å²) < 4.78 is 5.14. The van der Waals surface area contributed by atoms with Gasteiger partial charge in [-0.15, -0.1) is 11.3 Å². The zero-order valence-corrected chi connectivity index (χ0v) is 15.9. The fourth-order valence-corrected chi connectivity index (χ4v) is 3.18. The largest absolute Gasteiger partial charge is 0.451 e. The van der Waals surface area contributed by atoms with Crippen LogP contribution in [0.25, 0.3) is 0 Å². The normalized spacial score (nSPS) is 12.2. The Balaban J connectivity index is 2.51. The lowest BCUT2D eigenvalue weighted by Gasteiger charge is -2.32. The van der Waals surface area contributed by atoms with Gasteiger partial charge in [0.2, 0.25) is 0 Å². The second-order valence-electron chi connectivity index (χ2n) is 6.16. The first-order valence-corrected chi connectivity index (χ1v) is 8.81. The molecule has 6 nitrogen and oxygen atoms in total. The molecule has 0 radical (unpaired) electrons. The van der Waals surface area contributed by atoms with Crippen LogP contribution in [0.5, 0.6) is 0 Å². The molecule has 1 atom stereocenters. The van der Waals surface area contributed by atoms with Crippen molar-refractivity contribution in [2.24, 2.45) is 0 Å². The Bertz CT molecular complexity index is 587. The minimum absolute atomic E-state index is 0.0143. The number of carbonyl (C=O) groups is 3. The summed E-state index contributed by atoms with van der Waals surface area (Å²) in [5.41, 5.74) is 0. The summed E-state index contributed by atoms with van der Waals surface area (Å²) in [5.74, 6) is -1.20. The zero-order chi connectivity index (χ0) is 18.4.